The van der Waals surface area contributed by atoms with Gasteiger partial charge < -0.3 is 5.11 Å². The molecule has 0 aliphatic rings. The fourth-order valence-corrected chi connectivity index (χ4v) is 0.542. The summed E-state index contributed by atoms with van der Waals surface area (Å²) in [5, 5.41) is 8.41. The van der Waals surface area contributed by atoms with Crippen LogP contribution in [0.4, 0.5) is 0 Å². The summed E-state index contributed by atoms with van der Waals surface area (Å²) >= 11 is 0. The minimum atomic E-state index is 0.112. The smallest absolute Gasteiger partial charge is 0.0615 e. The lowest BCUT2D eigenvalue weighted by atomic mass is 10.2. The molecule has 1 nitrogen and oxygen atoms in total. The highest BCUT2D eigenvalue weighted by molar-refractivity contribution is 5.21. The Morgan fingerprint density at radius 2 is 2.20 bits per heavy atom. The van der Waals surface area contributed by atoms with Gasteiger partial charge in [0.1, 0.15) is 0 Å². The molecule has 56 valence electrons. The summed E-state index contributed by atoms with van der Waals surface area (Å²) in [6.45, 7) is 4.08. The lowest BCUT2D eigenvalue weighted by Gasteiger charge is -1.85. The maximum Gasteiger partial charge on any atom is 0.0615 e. The highest BCUT2D eigenvalue weighted by Gasteiger charge is 1.75. The molecule has 0 radical (unpaired) electrons. The van der Waals surface area contributed by atoms with Gasteiger partial charge in [-0.3, -0.25) is 0 Å². The molecule has 10 heavy (non-hydrogen) atoms. The van der Waals surface area contributed by atoms with Gasteiger partial charge in [-0.15, -0.1) is 0 Å². The standard InChI is InChI=1S/C9H14O/c1-3-4-6-9(2)7-5-8-10/h3-7,10H,8H2,1-2H3/b4-3?,7-5+,9-6+. The second kappa shape index (κ2) is 6.30. The van der Waals surface area contributed by atoms with E-state index >= 15 is 0 Å². The first-order chi connectivity index (χ1) is 4.81. The molecule has 1 heteroatoms. The van der Waals surface area contributed by atoms with Crippen molar-refractivity contribution < 1.29 is 5.11 Å². The highest BCUT2D eigenvalue weighted by Crippen LogP contribution is 1.94. The third kappa shape index (κ3) is 5.32. The maximum atomic E-state index is 8.41. The highest BCUT2D eigenvalue weighted by atomic mass is 16.2. The molecule has 0 heterocycles. The summed E-state index contributed by atoms with van der Waals surface area (Å²) in [4.78, 5) is 0. The van der Waals surface area contributed by atoms with Gasteiger partial charge in [0.05, 0.1) is 6.61 Å². The molecule has 1 N–H and O–H groups in total. The summed E-state index contributed by atoms with van der Waals surface area (Å²) in [6, 6.07) is 0. The molecule has 0 aliphatic carbocycles. The van der Waals surface area contributed by atoms with E-state index in [0.29, 0.717) is 0 Å². The Balaban J connectivity index is 3.81. The molecule has 0 rings (SSSR count). The molecule has 0 aromatic rings. The minimum absolute atomic E-state index is 0.112. The van der Waals surface area contributed by atoms with Gasteiger partial charge in [0.25, 0.3) is 0 Å². The monoisotopic (exact) mass is 138 g/mol. The lowest BCUT2D eigenvalue weighted by Crippen LogP contribution is -1.72. The zero-order valence-electron chi connectivity index (χ0n) is 6.54. The number of allylic oxidation sites excluding steroid dienone is 5. The van der Waals surface area contributed by atoms with Gasteiger partial charge in [0, 0.05) is 0 Å². The first-order valence-electron chi connectivity index (χ1n) is 3.38. The number of aliphatic hydroxyl groups is 1. The average Bonchev–Trinajstić information content (AvgIpc) is 1.97. The van der Waals surface area contributed by atoms with Gasteiger partial charge in [0.2, 0.25) is 0 Å². The summed E-state index contributed by atoms with van der Waals surface area (Å²) in [6.07, 6.45) is 9.54. The van der Waals surface area contributed by atoms with Gasteiger partial charge in [-0.25, -0.2) is 0 Å². The minimum Gasteiger partial charge on any atom is -0.392 e. The van der Waals surface area contributed by atoms with Crippen LogP contribution in [-0.2, 0) is 0 Å². The Hall–Kier alpha value is -0.820. The Labute approximate surface area is 62.4 Å². The van der Waals surface area contributed by atoms with Crippen molar-refractivity contribution in [1.29, 1.82) is 0 Å². The van der Waals surface area contributed by atoms with Crippen LogP contribution in [0.5, 0.6) is 0 Å². The quantitative estimate of drug-likeness (QED) is 0.592. The van der Waals surface area contributed by atoms with Gasteiger partial charge >= 0.3 is 0 Å². The second-order valence-electron chi connectivity index (χ2n) is 2.02. The zero-order chi connectivity index (χ0) is 7.82. The van der Waals surface area contributed by atoms with E-state index in [1.165, 1.54) is 0 Å². The van der Waals surface area contributed by atoms with Crippen LogP contribution in [0.15, 0.2) is 36.0 Å². The van der Waals surface area contributed by atoms with Crippen molar-refractivity contribution in [2.45, 2.75) is 13.8 Å². The van der Waals surface area contributed by atoms with Crippen molar-refractivity contribution >= 4 is 0 Å². The van der Waals surface area contributed by atoms with Crippen LogP contribution >= 0.6 is 0 Å². The molecule has 0 saturated heterocycles. The maximum absolute atomic E-state index is 8.41. The molecule has 0 aromatic heterocycles. The molecule has 0 fully saturated rings. The summed E-state index contributed by atoms with van der Waals surface area (Å²) in [5.41, 5.74) is 1.15. The van der Waals surface area contributed by atoms with E-state index in [4.69, 9.17) is 5.11 Å². The fourth-order valence-electron chi connectivity index (χ4n) is 0.542. The van der Waals surface area contributed by atoms with Gasteiger partial charge in [-0.05, 0) is 13.8 Å². The SMILES string of the molecule is CC=C/C=C(C)/C=C/CO. The van der Waals surface area contributed by atoms with Crippen molar-refractivity contribution in [2.75, 3.05) is 6.61 Å². The number of rotatable bonds is 3. The molecule has 0 amide bonds. The fraction of sp³-hybridized carbons (Fsp3) is 0.333. The van der Waals surface area contributed by atoms with E-state index in [2.05, 4.69) is 0 Å². The van der Waals surface area contributed by atoms with E-state index < -0.39 is 0 Å². The average molecular weight is 138 g/mol. The first-order valence-corrected chi connectivity index (χ1v) is 3.38. The largest absolute Gasteiger partial charge is 0.392 e. The predicted molar refractivity (Wildman–Crippen MR) is 44.8 cm³/mol. The normalized spacial score (nSPS) is 13.7. The summed E-state index contributed by atoms with van der Waals surface area (Å²) in [7, 11) is 0. The van der Waals surface area contributed by atoms with Crippen LogP contribution < -0.4 is 0 Å². The third-order valence-corrected chi connectivity index (χ3v) is 1.04. The van der Waals surface area contributed by atoms with Crippen molar-refractivity contribution in [3.05, 3.63) is 36.0 Å². The topological polar surface area (TPSA) is 20.2 Å². The molecule has 0 aliphatic heterocycles. The van der Waals surface area contributed by atoms with Crippen molar-refractivity contribution in [2.24, 2.45) is 0 Å². The molecular formula is C9H14O. The lowest BCUT2D eigenvalue weighted by molar-refractivity contribution is 0.342. The van der Waals surface area contributed by atoms with Crippen molar-refractivity contribution in [3.8, 4) is 0 Å². The molecule has 0 unspecified atom stereocenters. The van der Waals surface area contributed by atoms with Crippen LogP contribution in [-0.4, -0.2) is 11.7 Å². The molecular weight excluding hydrogens is 124 g/mol. The predicted octanol–water partition coefficient (Wildman–Crippen LogP) is 2.06. The van der Waals surface area contributed by atoms with Crippen LogP contribution in [0.1, 0.15) is 13.8 Å². The van der Waals surface area contributed by atoms with Crippen LogP contribution in [0.2, 0.25) is 0 Å². The van der Waals surface area contributed by atoms with Gasteiger partial charge in [-0.1, -0.05) is 36.0 Å². The first kappa shape index (κ1) is 9.18. The zero-order valence-corrected chi connectivity index (χ0v) is 6.54. The molecule has 0 aromatic carbocycles. The van der Waals surface area contributed by atoms with E-state index in [1.54, 1.807) is 6.08 Å². The van der Waals surface area contributed by atoms with Crippen LogP contribution in [0, 0.1) is 0 Å². The van der Waals surface area contributed by atoms with E-state index in [9.17, 15) is 0 Å². The van der Waals surface area contributed by atoms with Gasteiger partial charge in [-0.2, -0.15) is 0 Å². The molecule has 0 atom stereocenters. The Kier molecular flexibility index (Phi) is 5.79. The molecule has 0 spiro atoms. The van der Waals surface area contributed by atoms with E-state index in [1.807, 2.05) is 38.2 Å². The van der Waals surface area contributed by atoms with Crippen LogP contribution in [0.3, 0.4) is 0 Å². The Morgan fingerprint density at radius 1 is 1.50 bits per heavy atom. The number of aliphatic hydroxyl groups excluding tert-OH is 1. The number of hydrogen-bond donors (Lipinski definition) is 1. The van der Waals surface area contributed by atoms with E-state index in [0.717, 1.165) is 5.57 Å². The molecule has 0 saturated carbocycles. The Bertz CT molecular complexity index is 152. The second-order valence-corrected chi connectivity index (χ2v) is 2.02. The molecule has 0 bridgehead atoms. The van der Waals surface area contributed by atoms with Crippen LogP contribution in [0.25, 0.3) is 0 Å². The van der Waals surface area contributed by atoms with E-state index in [-0.39, 0.29) is 6.61 Å². The summed E-state index contributed by atoms with van der Waals surface area (Å²) in [5.74, 6) is 0. The number of hydrogen-bond acceptors (Lipinski definition) is 1. The summed E-state index contributed by atoms with van der Waals surface area (Å²) < 4.78 is 0. The third-order valence-electron chi connectivity index (χ3n) is 1.04. The van der Waals surface area contributed by atoms with Crippen molar-refractivity contribution in [1.82, 2.24) is 0 Å². The Morgan fingerprint density at radius 3 is 2.70 bits per heavy atom. The van der Waals surface area contributed by atoms with Crippen molar-refractivity contribution in [3.63, 3.8) is 0 Å². The van der Waals surface area contributed by atoms with Gasteiger partial charge in [0.15, 0.2) is 0 Å².